The maximum Gasteiger partial charge on any atom is 0.308 e. The predicted octanol–water partition coefficient (Wildman–Crippen LogP) is 5.41. The minimum Gasteiger partial charge on any atom is -0.461 e. The van der Waals surface area contributed by atoms with Gasteiger partial charge in [0, 0.05) is 0 Å². The van der Waals surface area contributed by atoms with Gasteiger partial charge in [0.05, 0.1) is 5.92 Å². The van der Waals surface area contributed by atoms with Crippen molar-refractivity contribution >= 4 is 5.97 Å². The predicted molar refractivity (Wildman–Crippen MR) is 93.0 cm³/mol. The van der Waals surface area contributed by atoms with Gasteiger partial charge in [-0.3, -0.25) is 4.79 Å². The third-order valence-electron chi connectivity index (χ3n) is 4.20. The Labute approximate surface area is 135 Å². The molecule has 1 aromatic rings. The number of ether oxygens (including phenoxy) is 1. The molecule has 0 unspecified atom stereocenters. The SMILES string of the molecule is CC[C@@H](C)C(=O)OC/C(C)=C\CC[C@H](C)c1ccc(C)cc1. The summed E-state index contributed by atoms with van der Waals surface area (Å²) in [6, 6.07) is 8.76. The van der Waals surface area contributed by atoms with Crippen molar-refractivity contribution in [3.8, 4) is 0 Å². The van der Waals surface area contributed by atoms with Crippen LogP contribution in [0.15, 0.2) is 35.9 Å². The van der Waals surface area contributed by atoms with Gasteiger partial charge in [-0.05, 0) is 50.2 Å². The molecule has 0 aliphatic rings. The summed E-state index contributed by atoms with van der Waals surface area (Å²) < 4.78 is 5.30. The van der Waals surface area contributed by atoms with E-state index in [9.17, 15) is 4.79 Å². The number of esters is 1. The molecule has 0 aromatic heterocycles. The van der Waals surface area contributed by atoms with Crippen molar-refractivity contribution in [2.75, 3.05) is 6.61 Å². The van der Waals surface area contributed by atoms with E-state index in [0.29, 0.717) is 12.5 Å². The Morgan fingerprint density at radius 1 is 1.23 bits per heavy atom. The van der Waals surface area contributed by atoms with E-state index >= 15 is 0 Å². The van der Waals surface area contributed by atoms with Gasteiger partial charge in [0.2, 0.25) is 0 Å². The Morgan fingerprint density at radius 2 is 1.86 bits per heavy atom. The van der Waals surface area contributed by atoms with Gasteiger partial charge in [-0.2, -0.15) is 0 Å². The van der Waals surface area contributed by atoms with Crippen molar-refractivity contribution < 1.29 is 9.53 Å². The molecule has 0 amide bonds. The molecule has 22 heavy (non-hydrogen) atoms. The van der Waals surface area contributed by atoms with Crippen molar-refractivity contribution in [1.82, 2.24) is 0 Å². The molecule has 0 aliphatic carbocycles. The zero-order chi connectivity index (χ0) is 16.5. The highest BCUT2D eigenvalue weighted by Gasteiger charge is 2.11. The number of benzene rings is 1. The van der Waals surface area contributed by atoms with E-state index in [1.807, 2.05) is 20.8 Å². The van der Waals surface area contributed by atoms with Crippen LogP contribution in [0.3, 0.4) is 0 Å². The highest BCUT2D eigenvalue weighted by atomic mass is 16.5. The molecule has 2 heteroatoms. The minimum absolute atomic E-state index is 0.00522. The number of aryl methyl sites for hydroxylation is 1. The van der Waals surface area contributed by atoms with Gasteiger partial charge >= 0.3 is 5.97 Å². The van der Waals surface area contributed by atoms with Crippen LogP contribution in [0.5, 0.6) is 0 Å². The van der Waals surface area contributed by atoms with Crippen LogP contribution in [-0.2, 0) is 9.53 Å². The Hall–Kier alpha value is -1.57. The number of rotatable bonds is 8. The smallest absolute Gasteiger partial charge is 0.308 e. The zero-order valence-electron chi connectivity index (χ0n) is 14.7. The molecule has 0 fully saturated rings. The summed E-state index contributed by atoms with van der Waals surface area (Å²) in [7, 11) is 0. The third kappa shape index (κ3) is 6.46. The normalized spacial score (nSPS) is 14.5. The fourth-order valence-electron chi connectivity index (χ4n) is 2.19. The van der Waals surface area contributed by atoms with Crippen LogP contribution in [0.4, 0.5) is 0 Å². The molecule has 1 aromatic carbocycles. The molecule has 0 N–H and O–H groups in total. The first kappa shape index (κ1) is 18.5. The van der Waals surface area contributed by atoms with E-state index < -0.39 is 0 Å². The molecule has 0 aliphatic heterocycles. The molecule has 1 rings (SSSR count). The lowest BCUT2D eigenvalue weighted by molar-refractivity contribution is -0.147. The van der Waals surface area contributed by atoms with Crippen LogP contribution in [0, 0.1) is 12.8 Å². The molecule has 0 saturated heterocycles. The average Bonchev–Trinajstić information content (AvgIpc) is 2.52. The van der Waals surface area contributed by atoms with Crippen molar-refractivity contribution in [3.05, 3.63) is 47.0 Å². The first-order valence-corrected chi connectivity index (χ1v) is 8.32. The summed E-state index contributed by atoms with van der Waals surface area (Å²) in [6.45, 7) is 10.7. The number of hydrogen-bond donors (Lipinski definition) is 0. The summed E-state index contributed by atoms with van der Waals surface area (Å²) in [5.41, 5.74) is 3.82. The van der Waals surface area contributed by atoms with E-state index in [-0.39, 0.29) is 11.9 Å². The first-order valence-electron chi connectivity index (χ1n) is 8.32. The van der Waals surface area contributed by atoms with Crippen molar-refractivity contribution in [3.63, 3.8) is 0 Å². The Balaban J connectivity index is 2.35. The maximum atomic E-state index is 11.6. The Bertz CT molecular complexity index is 485. The van der Waals surface area contributed by atoms with Crippen LogP contribution in [0.25, 0.3) is 0 Å². The van der Waals surface area contributed by atoms with E-state index in [0.717, 1.165) is 24.8 Å². The Kier molecular flexibility index (Phi) is 7.94. The first-order chi connectivity index (χ1) is 10.4. The molecule has 0 radical (unpaired) electrons. The second kappa shape index (κ2) is 9.45. The van der Waals surface area contributed by atoms with Crippen LogP contribution >= 0.6 is 0 Å². The summed E-state index contributed by atoms with van der Waals surface area (Å²) in [5.74, 6) is 0.449. The van der Waals surface area contributed by atoms with Gasteiger partial charge in [-0.1, -0.05) is 56.7 Å². The molecule has 0 heterocycles. The second-order valence-electron chi connectivity index (χ2n) is 6.36. The maximum absolute atomic E-state index is 11.6. The number of hydrogen-bond acceptors (Lipinski definition) is 2. The largest absolute Gasteiger partial charge is 0.461 e. The van der Waals surface area contributed by atoms with Crippen LogP contribution < -0.4 is 0 Å². The van der Waals surface area contributed by atoms with Crippen LogP contribution in [-0.4, -0.2) is 12.6 Å². The molecule has 122 valence electrons. The van der Waals surface area contributed by atoms with Gasteiger partial charge in [0.25, 0.3) is 0 Å². The number of allylic oxidation sites excluding steroid dienone is 1. The fraction of sp³-hybridized carbons (Fsp3) is 0.550. The lowest BCUT2D eigenvalue weighted by Crippen LogP contribution is -2.15. The standard InChI is InChI=1S/C20H30O2/c1-6-17(4)20(21)22-14-16(3)8-7-9-18(5)19-12-10-15(2)11-13-19/h8,10-13,17-18H,6-7,9,14H2,1-5H3/b16-8-/t17-,18+/m1/s1. The van der Waals surface area contributed by atoms with Gasteiger partial charge in [0.1, 0.15) is 6.61 Å². The highest BCUT2D eigenvalue weighted by molar-refractivity contribution is 5.72. The lowest BCUT2D eigenvalue weighted by Gasteiger charge is -2.12. The summed E-state index contributed by atoms with van der Waals surface area (Å²) in [6.07, 6.45) is 5.14. The average molecular weight is 302 g/mol. The van der Waals surface area contributed by atoms with Crippen LogP contribution in [0.2, 0.25) is 0 Å². The number of carbonyl (C=O) groups is 1. The molecule has 2 atom stereocenters. The van der Waals surface area contributed by atoms with E-state index in [2.05, 4.69) is 44.2 Å². The topological polar surface area (TPSA) is 26.3 Å². The quantitative estimate of drug-likeness (QED) is 0.474. The van der Waals surface area contributed by atoms with Crippen molar-refractivity contribution in [1.29, 1.82) is 0 Å². The highest BCUT2D eigenvalue weighted by Crippen LogP contribution is 2.21. The van der Waals surface area contributed by atoms with Crippen molar-refractivity contribution in [2.45, 2.75) is 59.8 Å². The monoisotopic (exact) mass is 302 g/mol. The number of carbonyl (C=O) groups excluding carboxylic acids is 1. The van der Waals surface area contributed by atoms with E-state index in [4.69, 9.17) is 4.74 Å². The Morgan fingerprint density at radius 3 is 2.45 bits per heavy atom. The van der Waals surface area contributed by atoms with Gasteiger partial charge in [0.15, 0.2) is 0 Å². The molecule has 0 saturated carbocycles. The molecular formula is C20H30O2. The summed E-state index contributed by atoms with van der Waals surface area (Å²) in [5, 5.41) is 0. The van der Waals surface area contributed by atoms with E-state index in [1.54, 1.807) is 0 Å². The fourth-order valence-corrected chi connectivity index (χ4v) is 2.19. The summed E-state index contributed by atoms with van der Waals surface area (Å²) >= 11 is 0. The molecule has 0 bridgehead atoms. The molecule has 0 spiro atoms. The second-order valence-corrected chi connectivity index (χ2v) is 6.36. The van der Waals surface area contributed by atoms with Gasteiger partial charge < -0.3 is 4.74 Å². The molecular weight excluding hydrogens is 272 g/mol. The van der Waals surface area contributed by atoms with Crippen LogP contribution in [0.1, 0.15) is 64.0 Å². The van der Waals surface area contributed by atoms with Gasteiger partial charge in [-0.25, -0.2) is 0 Å². The van der Waals surface area contributed by atoms with Gasteiger partial charge in [-0.15, -0.1) is 0 Å². The third-order valence-corrected chi connectivity index (χ3v) is 4.20. The van der Waals surface area contributed by atoms with Crippen molar-refractivity contribution in [2.24, 2.45) is 5.92 Å². The zero-order valence-corrected chi connectivity index (χ0v) is 14.7. The lowest BCUT2D eigenvalue weighted by atomic mass is 9.95. The summed E-state index contributed by atoms with van der Waals surface area (Å²) in [4.78, 5) is 11.6. The molecule has 2 nitrogen and oxygen atoms in total. The van der Waals surface area contributed by atoms with E-state index in [1.165, 1.54) is 11.1 Å². The minimum atomic E-state index is -0.0942.